The lowest BCUT2D eigenvalue weighted by Gasteiger charge is -2.31. The topological polar surface area (TPSA) is 96.5 Å². The maximum atomic E-state index is 13.6. The first-order valence-electron chi connectivity index (χ1n) is 9.14. The monoisotopic (exact) mass is 387 g/mol. The van der Waals surface area contributed by atoms with E-state index in [9.17, 15) is 14.0 Å². The van der Waals surface area contributed by atoms with Crippen LogP contribution in [0.15, 0.2) is 36.4 Å². The number of nitrogens with one attached hydrogen (secondary N) is 2. The van der Waals surface area contributed by atoms with E-state index >= 15 is 0 Å². The van der Waals surface area contributed by atoms with Crippen molar-refractivity contribution in [2.75, 3.05) is 30.3 Å². The first-order valence-corrected chi connectivity index (χ1v) is 9.14. The number of anilines is 2. The molecule has 28 heavy (non-hydrogen) atoms. The molecule has 2 N–H and O–H groups in total. The van der Waals surface area contributed by atoms with Crippen molar-refractivity contribution >= 4 is 23.5 Å². The number of amides is 2. The molecule has 2 aromatic rings. The molecule has 0 bridgehead atoms. The Morgan fingerprint density at radius 3 is 2.57 bits per heavy atom. The summed E-state index contributed by atoms with van der Waals surface area (Å²) in [5.74, 6) is -0.514. The molecule has 0 saturated carbocycles. The number of hydrogen-bond acceptors (Lipinski definition) is 6. The van der Waals surface area contributed by atoms with Gasteiger partial charge in [0.05, 0.1) is 12.3 Å². The van der Waals surface area contributed by atoms with E-state index in [1.807, 2.05) is 0 Å². The Hall–Kier alpha value is -3.23. The first-order chi connectivity index (χ1) is 13.6. The number of para-hydroxylation sites is 1. The van der Waals surface area contributed by atoms with Gasteiger partial charge >= 0.3 is 6.09 Å². The van der Waals surface area contributed by atoms with Crippen molar-refractivity contribution in [2.24, 2.45) is 0 Å². The lowest BCUT2D eigenvalue weighted by atomic mass is 10.1. The predicted octanol–water partition coefficient (Wildman–Crippen LogP) is 2.90. The van der Waals surface area contributed by atoms with Crippen LogP contribution in [0.5, 0.6) is 0 Å². The number of ether oxygens (including phenoxy) is 1. The van der Waals surface area contributed by atoms with Crippen LogP contribution in [-0.4, -0.2) is 52.8 Å². The Morgan fingerprint density at radius 2 is 1.93 bits per heavy atom. The second-order valence-corrected chi connectivity index (χ2v) is 6.34. The van der Waals surface area contributed by atoms with E-state index in [-0.39, 0.29) is 23.5 Å². The van der Waals surface area contributed by atoms with Crippen molar-refractivity contribution in [2.45, 2.75) is 25.8 Å². The summed E-state index contributed by atoms with van der Waals surface area (Å²) in [6, 6.07) is 9.24. The Morgan fingerprint density at radius 1 is 1.18 bits per heavy atom. The highest BCUT2D eigenvalue weighted by molar-refractivity contribution is 6.02. The van der Waals surface area contributed by atoms with Gasteiger partial charge in [-0.2, -0.15) is 0 Å². The lowest BCUT2D eigenvalue weighted by molar-refractivity contribution is 0.0982. The Kier molecular flexibility index (Phi) is 6.36. The largest absolute Gasteiger partial charge is 0.450 e. The molecule has 0 aliphatic carbocycles. The molecule has 1 aliphatic rings. The number of rotatable bonds is 5. The highest BCUT2D eigenvalue weighted by Gasteiger charge is 2.23. The van der Waals surface area contributed by atoms with E-state index in [4.69, 9.17) is 4.74 Å². The highest BCUT2D eigenvalue weighted by Crippen LogP contribution is 2.17. The summed E-state index contributed by atoms with van der Waals surface area (Å²) in [7, 11) is 0. The Labute approximate surface area is 162 Å². The normalized spacial score (nSPS) is 14.4. The summed E-state index contributed by atoms with van der Waals surface area (Å²) >= 11 is 0. The van der Waals surface area contributed by atoms with Gasteiger partial charge < -0.3 is 20.3 Å². The van der Waals surface area contributed by atoms with Crippen LogP contribution in [0, 0.1) is 5.82 Å². The van der Waals surface area contributed by atoms with Crippen LogP contribution >= 0.6 is 0 Å². The first kappa shape index (κ1) is 19.5. The van der Waals surface area contributed by atoms with Gasteiger partial charge in [-0.3, -0.25) is 4.79 Å². The number of carbonyl (C=O) groups excluding carboxylic acids is 2. The standard InChI is InChI=1S/C19H22FN5O3/c1-2-28-19(27)25-11-9-13(10-12-25)21-17-8-7-16(23-24-17)18(26)22-15-6-4-3-5-14(15)20/h3-8,13H,2,9-12H2,1H3,(H,21,24)(H,22,26). The molecule has 8 nitrogen and oxygen atoms in total. The molecule has 2 heterocycles. The minimum absolute atomic E-state index is 0.0878. The average Bonchev–Trinajstić information content (AvgIpc) is 2.71. The number of likely N-dealkylation sites (tertiary alicyclic amines) is 1. The highest BCUT2D eigenvalue weighted by atomic mass is 19.1. The van der Waals surface area contributed by atoms with Crippen molar-refractivity contribution < 1.29 is 18.7 Å². The number of piperidine rings is 1. The molecular formula is C19H22FN5O3. The number of hydrogen-bond donors (Lipinski definition) is 2. The molecule has 0 radical (unpaired) electrons. The summed E-state index contributed by atoms with van der Waals surface area (Å²) in [6.07, 6.45) is 1.23. The third-order valence-electron chi connectivity index (χ3n) is 4.39. The van der Waals surface area contributed by atoms with E-state index in [1.165, 1.54) is 18.2 Å². The Bertz CT molecular complexity index is 823. The second-order valence-electron chi connectivity index (χ2n) is 6.34. The minimum Gasteiger partial charge on any atom is -0.450 e. The molecule has 0 spiro atoms. The van der Waals surface area contributed by atoms with Crippen LogP contribution in [-0.2, 0) is 4.74 Å². The molecule has 1 saturated heterocycles. The van der Waals surface area contributed by atoms with Gasteiger partial charge in [0.25, 0.3) is 5.91 Å². The van der Waals surface area contributed by atoms with E-state index in [0.29, 0.717) is 25.5 Å². The van der Waals surface area contributed by atoms with Crippen molar-refractivity contribution in [1.82, 2.24) is 15.1 Å². The smallest absolute Gasteiger partial charge is 0.409 e. The summed E-state index contributed by atoms with van der Waals surface area (Å²) in [6.45, 7) is 3.36. The zero-order valence-corrected chi connectivity index (χ0v) is 15.5. The molecule has 3 rings (SSSR count). The molecule has 9 heteroatoms. The molecule has 1 aromatic carbocycles. The molecule has 0 unspecified atom stereocenters. The van der Waals surface area contributed by atoms with E-state index in [0.717, 1.165) is 12.8 Å². The Balaban J connectivity index is 1.52. The lowest BCUT2D eigenvalue weighted by Crippen LogP contribution is -2.42. The third-order valence-corrected chi connectivity index (χ3v) is 4.39. The molecule has 0 atom stereocenters. The summed E-state index contributed by atoms with van der Waals surface area (Å²) in [5, 5.41) is 13.6. The zero-order chi connectivity index (χ0) is 19.9. The van der Waals surface area contributed by atoms with Gasteiger partial charge in [-0.25, -0.2) is 9.18 Å². The quantitative estimate of drug-likeness (QED) is 0.819. The van der Waals surface area contributed by atoms with Crippen LogP contribution in [0.25, 0.3) is 0 Å². The molecule has 148 valence electrons. The van der Waals surface area contributed by atoms with E-state index in [2.05, 4.69) is 20.8 Å². The molecule has 1 aliphatic heterocycles. The molecule has 1 aromatic heterocycles. The third kappa shape index (κ3) is 4.93. The fraction of sp³-hybridized carbons (Fsp3) is 0.368. The number of carbonyl (C=O) groups is 2. The van der Waals surface area contributed by atoms with Gasteiger partial charge in [-0.1, -0.05) is 12.1 Å². The van der Waals surface area contributed by atoms with Gasteiger partial charge in [0.2, 0.25) is 0 Å². The van der Waals surface area contributed by atoms with Crippen molar-refractivity contribution in [1.29, 1.82) is 0 Å². The summed E-state index contributed by atoms with van der Waals surface area (Å²) < 4.78 is 18.6. The van der Waals surface area contributed by atoms with Crippen molar-refractivity contribution in [3.05, 3.63) is 47.9 Å². The molecular weight excluding hydrogens is 365 g/mol. The second kappa shape index (κ2) is 9.12. The van der Waals surface area contributed by atoms with Crippen molar-refractivity contribution in [3.63, 3.8) is 0 Å². The maximum Gasteiger partial charge on any atom is 0.409 e. The molecule has 1 fully saturated rings. The van der Waals surface area contributed by atoms with Crippen LogP contribution in [0.4, 0.5) is 20.7 Å². The zero-order valence-electron chi connectivity index (χ0n) is 15.5. The number of nitrogens with zero attached hydrogens (tertiary/aromatic N) is 3. The number of halogens is 1. The SMILES string of the molecule is CCOC(=O)N1CCC(Nc2ccc(C(=O)Nc3ccccc3F)nn2)CC1. The minimum atomic E-state index is -0.535. The van der Waals surface area contributed by atoms with Gasteiger partial charge in [-0.15, -0.1) is 10.2 Å². The number of benzene rings is 1. The fourth-order valence-electron chi connectivity index (χ4n) is 2.91. The van der Waals surface area contributed by atoms with Crippen LogP contribution in [0.3, 0.4) is 0 Å². The van der Waals surface area contributed by atoms with Gasteiger partial charge in [0.15, 0.2) is 5.69 Å². The van der Waals surface area contributed by atoms with E-state index < -0.39 is 11.7 Å². The van der Waals surface area contributed by atoms with Gasteiger partial charge in [0, 0.05) is 19.1 Å². The maximum absolute atomic E-state index is 13.6. The fourth-order valence-corrected chi connectivity index (χ4v) is 2.91. The van der Waals surface area contributed by atoms with Crippen LogP contribution < -0.4 is 10.6 Å². The average molecular weight is 387 g/mol. The molecule has 2 amide bonds. The van der Waals surface area contributed by atoms with Crippen LogP contribution in [0.1, 0.15) is 30.3 Å². The van der Waals surface area contributed by atoms with Gasteiger partial charge in [-0.05, 0) is 44.0 Å². The summed E-state index contributed by atoms with van der Waals surface area (Å²) in [5.41, 5.74) is 0.177. The predicted molar refractivity (Wildman–Crippen MR) is 102 cm³/mol. The van der Waals surface area contributed by atoms with Crippen molar-refractivity contribution in [3.8, 4) is 0 Å². The summed E-state index contributed by atoms with van der Waals surface area (Å²) in [4.78, 5) is 25.6. The van der Waals surface area contributed by atoms with Crippen LogP contribution in [0.2, 0.25) is 0 Å². The van der Waals surface area contributed by atoms with E-state index in [1.54, 1.807) is 30.0 Å². The number of aromatic nitrogens is 2. The van der Waals surface area contributed by atoms with Gasteiger partial charge in [0.1, 0.15) is 11.6 Å².